The first kappa shape index (κ1) is 10.2. The Morgan fingerprint density at radius 1 is 1.43 bits per heavy atom. The van der Waals surface area contributed by atoms with Crippen molar-refractivity contribution in [1.29, 1.82) is 0 Å². The Labute approximate surface area is 82.4 Å². The zero-order valence-electron chi connectivity index (χ0n) is 7.93. The molecule has 0 unspecified atom stereocenters. The largest absolute Gasteiger partial charge is 0.464 e. The maximum atomic E-state index is 11.1. The third-order valence-electron chi connectivity index (χ3n) is 1.79. The van der Waals surface area contributed by atoms with Gasteiger partial charge in [-0.1, -0.05) is 30.3 Å². The number of hydrogen-bond acceptors (Lipinski definition) is 4. The van der Waals surface area contributed by atoms with E-state index in [2.05, 4.69) is 9.84 Å². The van der Waals surface area contributed by atoms with Gasteiger partial charge >= 0.3 is 5.97 Å². The zero-order valence-corrected chi connectivity index (χ0v) is 7.93. The van der Waals surface area contributed by atoms with Crippen LogP contribution in [0.3, 0.4) is 0 Å². The van der Waals surface area contributed by atoms with Crippen molar-refractivity contribution >= 4 is 11.7 Å². The molecule has 0 spiro atoms. The number of ether oxygens (including phenoxy) is 1. The summed E-state index contributed by atoms with van der Waals surface area (Å²) in [5.41, 5.74) is 1.20. The van der Waals surface area contributed by atoms with E-state index in [0.29, 0.717) is 6.42 Å². The van der Waals surface area contributed by atoms with Gasteiger partial charge in [-0.2, -0.15) is 5.10 Å². The molecule has 1 aromatic rings. The first-order valence-corrected chi connectivity index (χ1v) is 4.17. The van der Waals surface area contributed by atoms with Gasteiger partial charge in [0.2, 0.25) is 0 Å². The molecule has 0 amide bonds. The maximum absolute atomic E-state index is 11.1. The summed E-state index contributed by atoms with van der Waals surface area (Å²) in [5.74, 6) is 4.59. The van der Waals surface area contributed by atoms with E-state index in [9.17, 15) is 4.79 Å². The fourth-order valence-corrected chi connectivity index (χ4v) is 1.08. The minimum atomic E-state index is -0.489. The quantitative estimate of drug-likeness (QED) is 0.332. The Kier molecular flexibility index (Phi) is 3.67. The van der Waals surface area contributed by atoms with Crippen molar-refractivity contribution in [3.05, 3.63) is 35.9 Å². The van der Waals surface area contributed by atoms with Crippen LogP contribution < -0.4 is 5.84 Å². The van der Waals surface area contributed by atoms with Crippen LogP contribution in [0.2, 0.25) is 0 Å². The van der Waals surface area contributed by atoms with E-state index in [1.807, 2.05) is 30.3 Å². The first-order valence-electron chi connectivity index (χ1n) is 4.17. The fraction of sp³-hybridized carbons (Fsp3) is 0.200. The summed E-state index contributed by atoms with van der Waals surface area (Å²) in [6.07, 6.45) is 0.393. The monoisotopic (exact) mass is 192 g/mol. The number of hydrogen-bond donors (Lipinski definition) is 1. The molecule has 0 saturated heterocycles. The lowest BCUT2D eigenvalue weighted by molar-refractivity contribution is -0.132. The van der Waals surface area contributed by atoms with Crippen molar-refractivity contribution in [1.82, 2.24) is 0 Å². The van der Waals surface area contributed by atoms with Crippen LogP contribution in [0, 0.1) is 0 Å². The maximum Gasteiger partial charge on any atom is 0.354 e. The number of carbonyl (C=O) groups is 1. The molecule has 2 N–H and O–H groups in total. The third kappa shape index (κ3) is 2.58. The van der Waals surface area contributed by atoms with Gasteiger partial charge in [0.15, 0.2) is 0 Å². The van der Waals surface area contributed by atoms with Gasteiger partial charge in [-0.05, 0) is 5.56 Å². The van der Waals surface area contributed by atoms with Crippen molar-refractivity contribution in [2.75, 3.05) is 7.11 Å². The number of benzene rings is 1. The summed E-state index contributed by atoms with van der Waals surface area (Å²) < 4.78 is 4.53. The average Bonchev–Trinajstić information content (AvgIpc) is 2.26. The smallest absolute Gasteiger partial charge is 0.354 e. The normalized spacial score (nSPS) is 11.1. The van der Waals surface area contributed by atoms with Crippen LogP contribution in [-0.2, 0) is 16.0 Å². The van der Waals surface area contributed by atoms with Gasteiger partial charge < -0.3 is 10.6 Å². The molecule has 0 radical (unpaired) electrons. The summed E-state index contributed by atoms with van der Waals surface area (Å²) >= 11 is 0. The number of carbonyl (C=O) groups excluding carboxylic acids is 1. The molecule has 14 heavy (non-hydrogen) atoms. The van der Waals surface area contributed by atoms with Gasteiger partial charge in [0, 0.05) is 6.42 Å². The molecular formula is C10H12N2O2. The predicted octanol–water partition coefficient (Wildman–Crippen LogP) is 0.717. The summed E-state index contributed by atoms with van der Waals surface area (Å²) in [6, 6.07) is 9.48. The molecule has 0 bridgehead atoms. The van der Waals surface area contributed by atoms with E-state index >= 15 is 0 Å². The number of methoxy groups -OCH3 is 1. The number of nitrogens with zero attached hydrogens (tertiary/aromatic N) is 1. The van der Waals surface area contributed by atoms with Gasteiger partial charge in [0.1, 0.15) is 5.71 Å². The Hall–Kier alpha value is -1.84. The molecule has 0 fully saturated rings. The van der Waals surface area contributed by atoms with Gasteiger partial charge in [0.25, 0.3) is 0 Å². The Morgan fingerprint density at radius 3 is 2.57 bits per heavy atom. The van der Waals surface area contributed by atoms with E-state index in [1.165, 1.54) is 7.11 Å². The molecular weight excluding hydrogens is 180 g/mol. The van der Waals surface area contributed by atoms with Gasteiger partial charge in [-0.15, -0.1) is 0 Å². The third-order valence-corrected chi connectivity index (χ3v) is 1.79. The summed E-state index contributed by atoms with van der Waals surface area (Å²) in [4.78, 5) is 11.1. The number of hydrazone groups is 1. The standard InChI is InChI=1S/C10H12N2O2/c1-14-10(13)9(12-11)7-8-5-3-2-4-6-8/h2-6H,7,11H2,1H3/b12-9-. The Balaban J connectivity index is 2.73. The second-order valence-corrected chi connectivity index (χ2v) is 2.73. The van der Waals surface area contributed by atoms with E-state index < -0.39 is 5.97 Å². The second-order valence-electron chi connectivity index (χ2n) is 2.73. The topological polar surface area (TPSA) is 64.7 Å². The van der Waals surface area contributed by atoms with Crippen LogP contribution in [0.25, 0.3) is 0 Å². The molecule has 1 aromatic carbocycles. The lowest BCUT2D eigenvalue weighted by Gasteiger charge is -2.02. The minimum Gasteiger partial charge on any atom is -0.464 e. The molecule has 4 nitrogen and oxygen atoms in total. The van der Waals surface area contributed by atoms with Crippen molar-refractivity contribution in [3.8, 4) is 0 Å². The van der Waals surface area contributed by atoms with Crippen molar-refractivity contribution < 1.29 is 9.53 Å². The summed E-state index contributed by atoms with van der Waals surface area (Å²) in [5, 5.41) is 3.40. The molecule has 0 saturated carbocycles. The highest BCUT2D eigenvalue weighted by atomic mass is 16.5. The predicted molar refractivity (Wildman–Crippen MR) is 53.8 cm³/mol. The summed E-state index contributed by atoms with van der Waals surface area (Å²) in [7, 11) is 1.30. The van der Waals surface area contributed by atoms with Crippen molar-refractivity contribution in [3.63, 3.8) is 0 Å². The fourth-order valence-electron chi connectivity index (χ4n) is 1.08. The minimum absolute atomic E-state index is 0.221. The number of rotatable bonds is 3. The van der Waals surface area contributed by atoms with Crippen LogP contribution in [0.1, 0.15) is 5.56 Å². The summed E-state index contributed by atoms with van der Waals surface area (Å²) in [6.45, 7) is 0. The van der Waals surface area contributed by atoms with Crippen LogP contribution in [-0.4, -0.2) is 18.8 Å². The van der Waals surface area contributed by atoms with Gasteiger partial charge in [0.05, 0.1) is 7.11 Å². The van der Waals surface area contributed by atoms with Crippen LogP contribution in [0.4, 0.5) is 0 Å². The average molecular weight is 192 g/mol. The highest BCUT2D eigenvalue weighted by molar-refractivity contribution is 6.36. The first-order chi connectivity index (χ1) is 6.77. The molecule has 1 rings (SSSR count). The van der Waals surface area contributed by atoms with E-state index in [4.69, 9.17) is 5.84 Å². The lowest BCUT2D eigenvalue weighted by Crippen LogP contribution is -2.20. The van der Waals surface area contributed by atoms with Crippen LogP contribution in [0.5, 0.6) is 0 Å². The van der Waals surface area contributed by atoms with Crippen molar-refractivity contribution in [2.45, 2.75) is 6.42 Å². The zero-order chi connectivity index (χ0) is 10.4. The molecule has 0 atom stereocenters. The molecule has 0 aliphatic carbocycles. The highest BCUT2D eigenvalue weighted by Gasteiger charge is 2.11. The van der Waals surface area contributed by atoms with E-state index in [0.717, 1.165) is 5.56 Å². The molecule has 0 aromatic heterocycles. The molecule has 0 aliphatic heterocycles. The van der Waals surface area contributed by atoms with Crippen LogP contribution >= 0.6 is 0 Å². The molecule has 4 heteroatoms. The number of nitrogens with two attached hydrogens (primary N) is 1. The Bertz CT molecular complexity index is 333. The number of esters is 1. The molecule has 0 heterocycles. The molecule has 0 aliphatic rings. The van der Waals surface area contributed by atoms with Gasteiger partial charge in [-0.25, -0.2) is 4.79 Å². The van der Waals surface area contributed by atoms with Crippen molar-refractivity contribution in [2.24, 2.45) is 10.9 Å². The van der Waals surface area contributed by atoms with E-state index in [1.54, 1.807) is 0 Å². The molecule has 74 valence electrons. The van der Waals surface area contributed by atoms with Gasteiger partial charge in [-0.3, -0.25) is 0 Å². The Morgan fingerprint density at radius 2 is 2.07 bits per heavy atom. The lowest BCUT2D eigenvalue weighted by atomic mass is 10.1. The highest BCUT2D eigenvalue weighted by Crippen LogP contribution is 2.01. The van der Waals surface area contributed by atoms with E-state index in [-0.39, 0.29) is 5.71 Å². The SMILES string of the molecule is COC(=O)/C(Cc1ccccc1)=N\N. The second kappa shape index (κ2) is 5.01. The van der Waals surface area contributed by atoms with Crippen LogP contribution in [0.15, 0.2) is 35.4 Å².